The summed E-state index contributed by atoms with van der Waals surface area (Å²) in [6.07, 6.45) is -0.893. The van der Waals surface area contributed by atoms with E-state index in [9.17, 15) is 4.79 Å². The van der Waals surface area contributed by atoms with E-state index in [0.29, 0.717) is 12.2 Å². The third kappa shape index (κ3) is 3.34. The average molecular weight is 356 g/mol. The maximum absolute atomic E-state index is 12.4. The molecule has 0 fully saturated rings. The highest BCUT2D eigenvalue weighted by atomic mass is 16.6. The van der Waals surface area contributed by atoms with Crippen LogP contribution in [-0.4, -0.2) is 6.09 Å². The van der Waals surface area contributed by atoms with Crippen molar-refractivity contribution in [1.29, 1.82) is 0 Å². The van der Waals surface area contributed by atoms with Crippen molar-refractivity contribution in [3.8, 4) is 11.1 Å². The fourth-order valence-corrected chi connectivity index (χ4v) is 3.29. The van der Waals surface area contributed by atoms with Crippen LogP contribution >= 0.6 is 0 Å². The normalized spacial score (nSPS) is 11.9. The molecule has 3 aromatic carbocycles. The third-order valence-electron chi connectivity index (χ3n) is 4.53. The average Bonchev–Trinajstić information content (AvgIpc) is 3.02. The summed E-state index contributed by atoms with van der Waals surface area (Å²) in [5.41, 5.74) is 14.0. The van der Waals surface area contributed by atoms with Gasteiger partial charge >= 0.3 is 6.09 Å². The first-order valence-corrected chi connectivity index (χ1v) is 8.53. The molecule has 132 valence electrons. The SMILES string of the molecule is [N-]=[N+]=Nc1ccc(CNC(=O)OC2c3ccccc3-c3ccccc32)cc1. The molecule has 0 atom stereocenters. The number of nitrogens with one attached hydrogen (secondary N) is 1. The summed E-state index contributed by atoms with van der Waals surface area (Å²) in [5, 5.41) is 6.30. The van der Waals surface area contributed by atoms with Crippen molar-refractivity contribution in [2.75, 3.05) is 0 Å². The Balaban J connectivity index is 1.46. The summed E-state index contributed by atoms with van der Waals surface area (Å²) >= 11 is 0. The zero-order chi connectivity index (χ0) is 18.6. The van der Waals surface area contributed by atoms with Crippen molar-refractivity contribution < 1.29 is 9.53 Å². The Morgan fingerprint density at radius 1 is 0.963 bits per heavy atom. The van der Waals surface area contributed by atoms with Gasteiger partial charge in [-0.05, 0) is 22.2 Å². The first-order chi connectivity index (χ1) is 13.3. The fraction of sp³-hybridized carbons (Fsp3) is 0.0952. The van der Waals surface area contributed by atoms with Gasteiger partial charge in [-0.1, -0.05) is 77.9 Å². The summed E-state index contributed by atoms with van der Waals surface area (Å²) in [7, 11) is 0. The molecule has 1 N–H and O–H groups in total. The number of amides is 1. The van der Waals surface area contributed by atoms with Gasteiger partial charge in [-0.3, -0.25) is 0 Å². The van der Waals surface area contributed by atoms with Gasteiger partial charge < -0.3 is 10.1 Å². The Morgan fingerprint density at radius 2 is 1.56 bits per heavy atom. The molecule has 0 saturated heterocycles. The van der Waals surface area contributed by atoms with Crippen molar-refractivity contribution >= 4 is 11.8 Å². The zero-order valence-electron chi connectivity index (χ0n) is 14.4. The second-order valence-electron chi connectivity index (χ2n) is 6.17. The van der Waals surface area contributed by atoms with Crippen molar-refractivity contribution in [3.05, 3.63) is 99.9 Å². The molecule has 0 heterocycles. The zero-order valence-corrected chi connectivity index (χ0v) is 14.4. The van der Waals surface area contributed by atoms with E-state index < -0.39 is 12.2 Å². The van der Waals surface area contributed by atoms with E-state index in [0.717, 1.165) is 27.8 Å². The Kier molecular flexibility index (Phi) is 4.47. The van der Waals surface area contributed by atoms with Crippen molar-refractivity contribution in [2.24, 2.45) is 5.11 Å². The lowest BCUT2D eigenvalue weighted by molar-refractivity contribution is 0.118. The summed E-state index contributed by atoms with van der Waals surface area (Å²) in [4.78, 5) is 15.1. The predicted molar refractivity (Wildman–Crippen MR) is 102 cm³/mol. The van der Waals surface area contributed by atoms with Crippen LogP contribution in [0.25, 0.3) is 21.6 Å². The van der Waals surface area contributed by atoms with Crippen LogP contribution in [0, 0.1) is 0 Å². The summed E-state index contributed by atoms with van der Waals surface area (Å²) in [5.74, 6) is 0. The summed E-state index contributed by atoms with van der Waals surface area (Å²) < 4.78 is 5.73. The Morgan fingerprint density at radius 3 is 2.15 bits per heavy atom. The number of carbonyl (C=O) groups excluding carboxylic acids is 1. The molecule has 6 nitrogen and oxygen atoms in total. The van der Waals surface area contributed by atoms with E-state index >= 15 is 0 Å². The molecule has 1 amide bonds. The lowest BCUT2D eigenvalue weighted by atomic mass is 10.1. The first-order valence-electron chi connectivity index (χ1n) is 8.53. The van der Waals surface area contributed by atoms with E-state index in [-0.39, 0.29) is 0 Å². The topological polar surface area (TPSA) is 87.1 Å². The number of nitrogens with zero attached hydrogens (tertiary/aromatic N) is 3. The molecular weight excluding hydrogens is 340 g/mol. The molecule has 0 aromatic heterocycles. The van der Waals surface area contributed by atoms with E-state index in [2.05, 4.69) is 15.3 Å². The van der Waals surface area contributed by atoms with Crippen LogP contribution in [0.1, 0.15) is 22.8 Å². The Labute approximate surface area is 156 Å². The van der Waals surface area contributed by atoms with E-state index in [1.807, 2.05) is 48.5 Å². The van der Waals surface area contributed by atoms with Crippen LogP contribution in [0.4, 0.5) is 10.5 Å². The monoisotopic (exact) mass is 356 g/mol. The fourth-order valence-electron chi connectivity index (χ4n) is 3.29. The maximum atomic E-state index is 12.4. The number of hydrogen-bond acceptors (Lipinski definition) is 3. The molecule has 27 heavy (non-hydrogen) atoms. The first kappa shape index (κ1) is 16.7. The number of fused-ring (bicyclic) bond motifs is 3. The summed E-state index contributed by atoms with van der Waals surface area (Å²) in [6.45, 7) is 0.325. The van der Waals surface area contributed by atoms with E-state index in [4.69, 9.17) is 10.3 Å². The Hall–Kier alpha value is -3.76. The van der Waals surface area contributed by atoms with Crippen LogP contribution < -0.4 is 5.32 Å². The van der Waals surface area contributed by atoms with Gasteiger partial charge in [-0.25, -0.2) is 4.79 Å². The van der Waals surface area contributed by atoms with Crippen LogP contribution in [-0.2, 0) is 11.3 Å². The number of benzene rings is 3. The third-order valence-corrected chi connectivity index (χ3v) is 4.53. The molecule has 4 rings (SSSR count). The largest absolute Gasteiger partial charge is 0.436 e. The minimum Gasteiger partial charge on any atom is -0.436 e. The summed E-state index contributed by atoms with van der Waals surface area (Å²) in [6, 6.07) is 22.9. The lowest BCUT2D eigenvalue weighted by Gasteiger charge is -2.15. The number of rotatable bonds is 4. The van der Waals surface area contributed by atoms with Crippen LogP contribution in [0.3, 0.4) is 0 Å². The second kappa shape index (κ2) is 7.23. The minimum absolute atomic E-state index is 0.325. The van der Waals surface area contributed by atoms with E-state index in [1.165, 1.54) is 0 Å². The van der Waals surface area contributed by atoms with Crippen molar-refractivity contribution in [3.63, 3.8) is 0 Å². The number of ether oxygens (including phenoxy) is 1. The molecule has 6 heteroatoms. The molecule has 0 unspecified atom stereocenters. The molecule has 1 aliphatic carbocycles. The molecule has 0 radical (unpaired) electrons. The predicted octanol–water partition coefficient (Wildman–Crippen LogP) is 5.62. The molecule has 0 bridgehead atoms. The highest BCUT2D eigenvalue weighted by molar-refractivity contribution is 5.79. The quantitative estimate of drug-likeness (QED) is 0.373. The molecule has 0 aliphatic heterocycles. The maximum Gasteiger partial charge on any atom is 0.408 e. The minimum atomic E-state index is -0.481. The van der Waals surface area contributed by atoms with Gasteiger partial charge in [0.1, 0.15) is 0 Å². The Bertz CT molecular complexity index is 995. The highest BCUT2D eigenvalue weighted by Crippen LogP contribution is 2.44. The van der Waals surface area contributed by atoms with Gasteiger partial charge in [0.25, 0.3) is 0 Å². The smallest absolute Gasteiger partial charge is 0.408 e. The van der Waals surface area contributed by atoms with Gasteiger partial charge in [0, 0.05) is 28.3 Å². The van der Waals surface area contributed by atoms with Crippen molar-refractivity contribution in [2.45, 2.75) is 12.6 Å². The van der Waals surface area contributed by atoms with Crippen LogP contribution in [0.2, 0.25) is 0 Å². The van der Waals surface area contributed by atoms with Crippen molar-refractivity contribution in [1.82, 2.24) is 5.32 Å². The number of hydrogen-bond donors (Lipinski definition) is 1. The second-order valence-corrected chi connectivity index (χ2v) is 6.17. The molecule has 3 aromatic rings. The number of carbonyl (C=O) groups is 1. The van der Waals surface area contributed by atoms with E-state index in [1.54, 1.807) is 24.3 Å². The lowest BCUT2D eigenvalue weighted by Crippen LogP contribution is -2.25. The van der Waals surface area contributed by atoms with Gasteiger partial charge in [0.15, 0.2) is 6.10 Å². The molecule has 0 saturated carbocycles. The van der Waals surface area contributed by atoms with Gasteiger partial charge in [0.05, 0.1) is 0 Å². The molecular formula is C21H16N4O2. The van der Waals surface area contributed by atoms with Crippen LogP contribution in [0.15, 0.2) is 77.9 Å². The number of azide groups is 1. The highest BCUT2D eigenvalue weighted by Gasteiger charge is 2.30. The van der Waals surface area contributed by atoms with Gasteiger partial charge in [-0.15, -0.1) is 0 Å². The van der Waals surface area contributed by atoms with Crippen LogP contribution in [0.5, 0.6) is 0 Å². The van der Waals surface area contributed by atoms with Gasteiger partial charge in [-0.2, -0.15) is 0 Å². The number of alkyl carbamates (subject to hydrolysis) is 1. The standard InChI is InChI=1S/C21H16N4O2/c22-25-24-15-11-9-14(10-12-15)13-23-21(26)27-20-18-7-3-1-5-16(18)17-6-2-4-8-19(17)20/h1-12,20H,13H2,(H,23,26). The molecule has 0 spiro atoms. The molecule has 1 aliphatic rings. The van der Waals surface area contributed by atoms with Gasteiger partial charge in [0.2, 0.25) is 0 Å².